The van der Waals surface area contributed by atoms with E-state index < -0.39 is 6.10 Å². The lowest BCUT2D eigenvalue weighted by Gasteiger charge is -2.34. The first kappa shape index (κ1) is 19.1. The number of nitrogens with zero attached hydrogens (tertiary/aromatic N) is 2. The lowest BCUT2D eigenvalue weighted by Crippen LogP contribution is -2.43. The third kappa shape index (κ3) is 4.34. The number of hydrogen-bond donors (Lipinski definition) is 2. The molecular weight excluding hydrogens is 326 g/mol. The molecule has 1 fully saturated rings. The topological polar surface area (TPSA) is 57.6 Å². The average molecular weight is 357 g/mol. The maximum absolute atomic E-state index is 9.93. The number of anilines is 1. The van der Waals surface area contributed by atoms with Gasteiger partial charge in [-0.25, -0.2) is 0 Å². The third-order valence-electron chi connectivity index (χ3n) is 5.32. The zero-order valence-corrected chi connectivity index (χ0v) is 16.2. The van der Waals surface area contributed by atoms with E-state index in [1.54, 1.807) is 7.11 Å². The molecule has 0 radical (unpaired) electrons. The highest BCUT2D eigenvalue weighted by atomic mass is 16.5. The predicted molar refractivity (Wildman–Crippen MR) is 107 cm³/mol. The van der Waals surface area contributed by atoms with Gasteiger partial charge in [-0.05, 0) is 37.8 Å². The molecule has 0 spiro atoms. The molecule has 3 rings (SSSR count). The number of ether oxygens (including phenoxy) is 1. The Morgan fingerprint density at radius 2 is 2.04 bits per heavy atom. The molecule has 0 bridgehead atoms. The van der Waals surface area contributed by atoms with Crippen LogP contribution in [-0.2, 0) is 11.2 Å². The third-order valence-corrected chi connectivity index (χ3v) is 5.32. The number of pyridine rings is 1. The van der Waals surface area contributed by atoms with Crippen LogP contribution in [-0.4, -0.2) is 60.5 Å². The van der Waals surface area contributed by atoms with Gasteiger partial charge in [-0.3, -0.25) is 4.98 Å². The van der Waals surface area contributed by atoms with Gasteiger partial charge in [0, 0.05) is 49.6 Å². The van der Waals surface area contributed by atoms with Gasteiger partial charge in [-0.15, -0.1) is 0 Å². The predicted octanol–water partition coefficient (Wildman–Crippen LogP) is 2.99. The summed E-state index contributed by atoms with van der Waals surface area (Å²) in [4.78, 5) is 7.11. The maximum atomic E-state index is 9.93. The van der Waals surface area contributed by atoms with Crippen molar-refractivity contribution in [3.05, 3.63) is 35.5 Å². The summed E-state index contributed by atoms with van der Waals surface area (Å²) >= 11 is 0. The van der Waals surface area contributed by atoms with E-state index in [1.807, 2.05) is 6.07 Å². The molecular formula is C21H31N3O2. The Kier molecular flexibility index (Phi) is 6.46. The molecule has 0 amide bonds. The molecule has 5 heteroatoms. The standard InChI is InChI=1S/C21H31N3O2/c1-4-18-15(2)22-20-8-6-5-7-19(20)21(18)23-16-9-11-24(12-10-16)13-17(25)14-26-3/h5-8,16-17,25H,4,9-14H2,1-3H3,(H,22,23). The SMILES string of the molecule is CCc1c(C)nc2ccccc2c1NC1CCN(CC(O)COC)CC1. The highest BCUT2D eigenvalue weighted by molar-refractivity contribution is 5.93. The van der Waals surface area contributed by atoms with E-state index in [4.69, 9.17) is 9.72 Å². The lowest BCUT2D eigenvalue weighted by molar-refractivity contribution is 0.0327. The Morgan fingerprint density at radius 1 is 1.31 bits per heavy atom. The number of piperidine rings is 1. The summed E-state index contributed by atoms with van der Waals surface area (Å²) in [7, 11) is 1.63. The van der Waals surface area contributed by atoms with Crippen molar-refractivity contribution < 1.29 is 9.84 Å². The molecule has 1 aliphatic rings. The highest BCUT2D eigenvalue weighted by Crippen LogP contribution is 2.30. The summed E-state index contributed by atoms with van der Waals surface area (Å²) in [6.07, 6.45) is 2.74. The largest absolute Gasteiger partial charge is 0.389 e. The lowest BCUT2D eigenvalue weighted by atomic mass is 10.00. The fraction of sp³-hybridized carbons (Fsp3) is 0.571. The second-order valence-electron chi connectivity index (χ2n) is 7.25. The van der Waals surface area contributed by atoms with Crippen LogP contribution in [0.2, 0.25) is 0 Å². The number of benzene rings is 1. The quantitative estimate of drug-likeness (QED) is 0.798. The molecule has 2 heterocycles. The van der Waals surface area contributed by atoms with Gasteiger partial charge in [-0.1, -0.05) is 25.1 Å². The summed E-state index contributed by atoms with van der Waals surface area (Å²) in [5.74, 6) is 0. The number of aliphatic hydroxyl groups is 1. The molecule has 0 aliphatic carbocycles. The van der Waals surface area contributed by atoms with Crippen molar-refractivity contribution >= 4 is 16.6 Å². The zero-order valence-electron chi connectivity index (χ0n) is 16.2. The van der Waals surface area contributed by atoms with E-state index in [2.05, 4.69) is 42.3 Å². The van der Waals surface area contributed by atoms with Crippen LogP contribution in [0.3, 0.4) is 0 Å². The van der Waals surface area contributed by atoms with E-state index in [-0.39, 0.29) is 0 Å². The van der Waals surface area contributed by atoms with Crippen LogP contribution < -0.4 is 5.32 Å². The smallest absolute Gasteiger partial charge is 0.0900 e. The number of aryl methyl sites for hydroxylation is 1. The number of aliphatic hydroxyl groups excluding tert-OH is 1. The van der Waals surface area contributed by atoms with Gasteiger partial charge in [0.05, 0.1) is 18.2 Å². The van der Waals surface area contributed by atoms with Crippen molar-refractivity contribution in [2.24, 2.45) is 0 Å². The molecule has 0 saturated carbocycles. The Balaban J connectivity index is 1.70. The van der Waals surface area contributed by atoms with Crippen LogP contribution in [0.1, 0.15) is 31.0 Å². The number of hydrogen-bond acceptors (Lipinski definition) is 5. The number of nitrogens with one attached hydrogen (secondary N) is 1. The first-order chi connectivity index (χ1) is 12.6. The van der Waals surface area contributed by atoms with E-state index >= 15 is 0 Å². The molecule has 5 nitrogen and oxygen atoms in total. The van der Waals surface area contributed by atoms with E-state index in [0.717, 1.165) is 43.6 Å². The van der Waals surface area contributed by atoms with Crippen LogP contribution in [0.4, 0.5) is 5.69 Å². The Hall–Kier alpha value is -1.69. The number of methoxy groups -OCH3 is 1. The van der Waals surface area contributed by atoms with Crippen molar-refractivity contribution in [2.75, 3.05) is 38.7 Å². The summed E-state index contributed by atoms with van der Waals surface area (Å²) in [5, 5.41) is 15.0. The molecule has 1 aromatic carbocycles. The second kappa shape index (κ2) is 8.80. The number of β-amino-alcohol motifs (C(OH)–C–C–N with tert-alkyl or cyclic N) is 1. The van der Waals surface area contributed by atoms with Gasteiger partial charge in [0.1, 0.15) is 0 Å². The first-order valence-corrected chi connectivity index (χ1v) is 9.66. The molecule has 1 atom stereocenters. The summed E-state index contributed by atoms with van der Waals surface area (Å²) in [5.41, 5.74) is 4.76. The van der Waals surface area contributed by atoms with Crippen molar-refractivity contribution in [3.63, 3.8) is 0 Å². The molecule has 1 saturated heterocycles. The zero-order chi connectivity index (χ0) is 18.5. The van der Waals surface area contributed by atoms with Gasteiger partial charge < -0.3 is 20.1 Å². The van der Waals surface area contributed by atoms with Gasteiger partial charge >= 0.3 is 0 Å². The summed E-state index contributed by atoms with van der Waals surface area (Å²) in [6.45, 7) is 7.40. The Bertz CT molecular complexity index is 727. The molecule has 1 aromatic heterocycles. The summed E-state index contributed by atoms with van der Waals surface area (Å²) < 4.78 is 5.03. The Morgan fingerprint density at radius 3 is 2.73 bits per heavy atom. The van der Waals surface area contributed by atoms with E-state index in [9.17, 15) is 5.11 Å². The maximum Gasteiger partial charge on any atom is 0.0900 e. The normalized spacial score (nSPS) is 17.5. The van der Waals surface area contributed by atoms with Gasteiger partial charge in [0.2, 0.25) is 0 Å². The van der Waals surface area contributed by atoms with Crippen LogP contribution in [0.15, 0.2) is 24.3 Å². The molecule has 2 aromatic rings. The highest BCUT2D eigenvalue weighted by Gasteiger charge is 2.22. The number of fused-ring (bicyclic) bond motifs is 1. The van der Waals surface area contributed by atoms with Crippen molar-refractivity contribution in [1.29, 1.82) is 0 Å². The van der Waals surface area contributed by atoms with E-state index in [0.29, 0.717) is 19.2 Å². The molecule has 26 heavy (non-hydrogen) atoms. The molecule has 1 unspecified atom stereocenters. The minimum atomic E-state index is -0.400. The van der Waals surface area contributed by atoms with Crippen molar-refractivity contribution in [3.8, 4) is 0 Å². The minimum Gasteiger partial charge on any atom is -0.389 e. The molecule has 142 valence electrons. The van der Waals surface area contributed by atoms with Crippen molar-refractivity contribution in [2.45, 2.75) is 45.3 Å². The fourth-order valence-electron chi connectivity index (χ4n) is 3.98. The number of likely N-dealkylation sites (tertiary alicyclic amines) is 1. The summed E-state index contributed by atoms with van der Waals surface area (Å²) in [6, 6.07) is 8.85. The van der Waals surface area contributed by atoms with Crippen LogP contribution in [0, 0.1) is 6.92 Å². The van der Waals surface area contributed by atoms with Gasteiger partial charge in [0.25, 0.3) is 0 Å². The van der Waals surface area contributed by atoms with Crippen molar-refractivity contribution in [1.82, 2.24) is 9.88 Å². The monoisotopic (exact) mass is 357 g/mol. The second-order valence-corrected chi connectivity index (χ2v) is 7.25. The van der Waals surface area contributed by atoms with Crippen LogP contribution >= 0.6 is 0 Å². The van der Waals surface area contributed by atoms with Crippen LogP contribution in [0.5, 0.6) is 0 Å². The van der Waals surface area contributed by atoms with Crippen LogP contribution in [0.25, 0.3) is 10.9 Å². The minimum absolute atomic E-state index is 0.400. The van der Waals surface area contributed by atoms with Gasteiger partial charge in [-0.2, -0.15) is 0 Å². The van der Waals surface area contributed by atoms with E-state index in [1.165, 1.54) is 16.6 Å². The Labute approximate surface area is 156 Å². The number of aromatic nitrogens is 1. The molecule has 2 N–H and O–H groups in total. The first-order valence-electron chi connectivity index (χ1n) is 9.66. The fourth-order valence-corrected chi connectivity index (χ4v) is 3.98. The number of para-hydroxylation sites is 1. The number of rotatable bonds is 7. The molecule has 1 aliphatic heterocycles. The average Bonchev–Trinajstić information content (AvgIpc) is 2.63. The van der Waals surface area contributed by atoms with Gasteiger partial charge in [0.15, 0.2) is 0 Å².